The van der Waals surface area contributed by atoms with Gasteiger partial charge in [0.25, 0.3) is 5.91 Å². The summed E-state index contributed by atoms with van der Waals surface area (Å²) >= 11 is 0. The molecule has 0 atom stereocenters. The molecular weight excluding hydrogens is 344 g/mol. The number of para-hydroxylation sites is 1. The lowest BCUT2D eigenvalue weighted by molar-refractivity contribution is -0.132. The number of aliphatic hydroxyl groups is 1. The van der Waals surface area contributed by atoms with Crippen LogP contribution in [0.15, 0.2) is 54.6 Å². The third kappa shape index (κ3) is 5.82. The maximum absolute atomic E-state index is 12.3. The van der Waals surface area contributed by atoms with Gasteiger partial charge in [-0.15, -0.1) is 0 Å². The molecule has 0 bridgehead atoms. The van der Waals surface area contributed by atoms with Gasteiger partial charge in [-0.05, 0) is 42.7 Å². The number of ether oxygens (including phenoxy) is 1. The quantitative estimate of drug-likeness (QED) is 0.820. The van der Waals surface area contributed by atoms with E-state index in [-0.39, 0.29) is 24.5 Å². The number of hydrogen-bond acceptors (Lipinski definition) is 4. The molecule has 0 radical (unpaired) electrons. The molecule has 2 aromatic rings. The van der Waals surface area contributed by atoms with Crippen molar-refractivity contribution >= 4 is 17.5 Å². The van der Waals surface area contributed by atoms with Crippen molar-refractivity contribution in [3.05, 3.63) is 60.2 Å². The van der Waals surface area contributed by atoms with Gasteiger partial charge < -0.3 is 20.1 Å². The normalized spacial score (nSPS) is 14.6. The number of nitrogens with one attached hydrogen (secondary N) is 1. The number of carbonyl (C=O) groups excluding carboxylic acids is 2. The van der Waals surface area contributed by atoms with Crippen LogP contribution in [0.5, 0.6) is 5.75 Å². The van der Waals surface area contributed by atoms with Gasteiger partial charge in [-0.2, -0.15) is 0 Å². The van der Waals surface area contributed by atoms with Gasteiger partial charge >= 0.3 is 0 Å². The molecule has 0 aromatic heterocycles. The summed E-state index contributed by atoms with van der Waals surface area (Å²) in [6.45, 7) is 1.15. The summed E-state index contributed by atoms with van der Waals surface area (Å²) in [6, 6.07) is 16.4. The van der Waals surface area contributed by atoms with E-state index < -0.39 is 0 Å². The van der Waals surface area contributed by atoms with Gasteiger partial charge in [-0.25, -0.2) is 0 Å². The van der Waals surface area contributed by atoms with E-state index in [1.165, 1.54) is 0 Å². The molecule has 0 spiro atoms. The number of amides is 2. The maximum Gasteiger partial charge on any atom is 0.262 e. The number of likely N-dealkylation sites (tertiary alicyclic amines) is 1. The maximum atomic E-state index is 12.3. The zero-order chi connectivity index (χ0) is 19.1. The molecule has 3 rings (SSSR count). The molecule has 1 aliphatic rings. The highest BCUT2D eigenvalue weighted by Crippen LogP contribution is 2.14. The van der Waals surface area contributed by atoms with E-state index in [2.05, 4.69) is 5.32 Å². The Morgan fingerprint density at radius 3 is 2.37 bits per heavy atom. The van der Waals surface area contributed by atoms with Crippen LogP contribution in [0.1, 0.15) is 18.4 Å². The Morgan fingerprint density at radius 2 is 1.70 bits per heavy atom. The second kappa shape index (κ2) is 9.19. The predicted molar refractivity (Wildman–Crippen MR) is 103 cm³/mol. The molecule has 6 heteroatoms. The van der Waals surface area contributed by atoms with Gasteiger partial charge in [-0.3, -0.25) is 9.59 Å². The summed E-state index contributed by atoms with van der Waals surface area (Å²) in [6.07, 6.45) is 1.31. The highest BCUT2D eigenvalue weighted by Gasteiger charge is 2.21. The number of benzene rings is 2. The predicted octanol–water partition coefficient (Wildman–Crippen LogP) is 2.23. The van der Waals surface area contributed by atoms with E-state index in [0.29, 0.717) is 43.8 Å². The van der Waals surface area contributed by atoms with Crippen LogP contribution >= 0.6 is 0 Å². The molecule has 142 valence electrons. The van der Waals surface area contributed by atoms with Crippen molar-refractivity contribution < 1.29 is 19.4 Å². The Bertz CT molecular complexity index is 754. The minimum absolute atomic E-state index is 0.0644. The molecule has 0 unspecified atom stereocenters. The lowest BCUT2D eigenvalue weighted by Gasteiger charge is -2.29. The van der Waals surface area contributed by atoms with E-state index in [4.69, 9.17) is 4.74 Å². The number of rotatable bonds is 6. The Balaban J connectivity index is 1.45. The van der Waals surface area contributed by atoms with E-state index in [1.807, 2.05) is 30.3 Å². The topological polar surface area (TPSA) is 78.9 Å². The largest absolute Gasteiger partial charge is 0.484 e. The number of carbonyl (C=O) groups is 2. The Hall–Kier alpha value is -2.86. The fourth-order valence-electron chi connectivity index (χ4n) is 2.97. The standard InChI is InChI=1S/C21H24N2O4/c24-18-10-12-23(13-11-18)21(26)14-16-6-8-17(9-7-16)22-20(25)15-27-19-4-2-1-3-5-19/h1-9,18,24H,10-15H2,(H,22,25). The fraction of sp³-hybridized carbons (Fsp3) is 0.333. The van der Waals surface area contributed by atoms with E-state index in [9.17, 15) is 14.7 Å². The number of piperidine rings is 1. The average Bonchev–Trinajstić information content (AvgIpc) is 2.69. The van der Waals surface area contributed by atoms with Crippen LogP contribution < -0.4 is 10.1 Å². The third-order valence-electron chi connectivity index (χ3n) is 4.52. The first kappa shape index (κ1) is 18.9. The summed E-state index contributed by atoms with van der Waals surface area (Å²) in [4.78, 5) is 26.1. The summed E-state index contributed by atoms with van der Waals surface area (Å²) in [7, 11) is 0. The first-order valence-electron chi connectivity index (χ1n) is 9.12. The first-order valence-corrected chi connectivity index (χ1v) is 9.12. The van der Waals surface area contributed by atoms with Gasteiger partial charge in [0, 0.05) is 18.8 Å². The smallest absolute Gasteiger partial charge is 0.262 e. The van der Waals surface area contributed by atoms with Crippen LogP contribution in [-0.4, -0.2) is 47.6 Å². The molecule has 2 N–H and O–H groups in total. The van der Waals surface area contributed by atoms with Gasteiger partial charge in [0.15, 0.2) is 6.61 Å². The van der Waals surface area contributed by atoms with Crippen molar-refractivity contribution in [2.75, 3.05) is 25.0 Å². The Kier molecular flexibility index (Phi) is 6.44. The van der Waals surface area contributed by atoms with Crippen LogP contribution in [-0.2, 0) is 16.0 Å². The molecule has 1 heterocycles. The average molecular weight is 368 g/mol. The van der Waals surface area contributed by atoms with E-state index >= 15 is 0 Å². The van der Waals surface area contributed by atoms with Crippen molar-refractivity contribution in [3.63, 3.8) is 0 Å². The minimum atomic E-state index is -0.289. The monoisotopic (exact) mass is 368 g/mol. The minimum Gasteiger partial charge on any atom is -0.484 e. The van der Waals surface area contributed by atoms with Crippen molar-refractivity contribution in [2.45, 2.75) is 25.4 Å². The summed E-state index contributed by atoms with van der Waals surface area (Å²) in [5.41, 5.74) is 1.55. The van der Waals surface area contributed by atoms with Gasteiger partial charge in [-0.1, -0.05) is 30.3 Å². The molecule has 27 heavy (non-hydrogen) atoms. The fourth-order valence-corrected chi connectivity index (χ4v) is 2.97. The Labute approximate surface area is 158 Å². The summed E-state index contributed by atoms with van der Waals surface area (Å²) < 4.78 is 5.41. The second-order valence-electron chi connectivity index (χ2n) is 6.64. The highest BCUT2D eigenvalue weighted by molar-refractivity contribution is 5.92. The lowest BCUT2D eigenvalue weighted by atomic mass is 10.1. The van der Waals surface area contributed by atoms with Crippen molar-refractivity contribution in [1.29, 1.82) is 0 Å². The zero-order valence-electron chi connectivity index (χ0n) is 15.1. The Morgan fingerprint density at radius 1 is 1.04 bits per heavy atom. The number of anilines is 1. The van der Waals surface area contributed by atoms with E-state index in [1.54, 1.807) is 29.2 Å². The van der Waals surface area contributed by atoms with Crippen molar-refractivity contribution in [3.8, 4) is 5.75 Å². The van der Waals surface area contributed by atoms with Crippen LogP contribution in [0.25, 0.3) is 0 Å². The molecule has 0 aliphatic carbocycles. The van der Waals surface area contributed by atoms with Crippen molar-refractivity contribution in [1.82, 2.24) is 4.90 Å². The molecule has 6 nitrogen and oxygen atoms in total. The van der Waals surface area contributed by atoms with Crippen LogP contribution in [0.3, 0.4) is 0 Å². The van der Waals surface area contributed by atoms with Crippen LogP contribution in [0.4, 0.5) is 5.69 Å². The SMILES string of the molecule is O=C(COc1ccccc1)Nc1ccc(CC(=O)N2CCC(O)CC2)cc1. The van der Waals surface area contributed by atoms with Crippen LogP contribution in [0, 0.1) is 0 Å². The van der Waals surface area contributed by atoms with Gasteiger partial charge in [0.05, 0.1) is 12.5 Å². The third-order valence-corrected chi connectivity index (χ3v) is 4.52. The molecule has 0 saturated carbocycles. The van der Waals surface area contributed by atoms with Gasteiger partial charge in [0.1, 0.15) is 5.75 Å². The summed E-state index contributed by atoms with van der Waals surface area (Å²) in [5, 5.41) is 12.3. The number of aliphatic hydroxyl groups excluding tert-OH is 1. The van der Waals surface area contributed by atoms with Gasteiger partial charge in [0.2, 0.25) is 5.91 Å². The highest BCUT2D eigenvalue weighted by atomic mass is 16.5. The molecule has 1 aliphatic heterocycles. The molecule has 2 amide bonds. The molecule has 2 aromatic carbocycles. The second-order valence-corrected chi connectivity index (χ2v) is 6.64. The lowest BCUT2D eigenvalue weighted by Crippen LogP contribution is -2.40. The number of nitrogens with zero attached hydrogens (tertiary/aromatic N) is 1. The first-order chi connectivity index (χ1) is 13.1. The number of hydrogen-bond donors (Lipinski definition) is 2. The summed E-state index contributed by atoms with van der Waals surface area (Å²) in [5.74, 6) is 0.469. The molecule has 1 saturated heterocycles. The zero-order valence-corrected chi connectivity index (χ0v) is 15.1. The van der Waals surface area contributed by atoms with E-state index in [0.717, 1.165) is 5.56 Å². The molecular formula is C21H24N2O4. The van der Waals surface area contributed by atoms with Crippen molar-refractivity contribution in [2.24, 2.45) is 0 Å². The molecule has 1 fully saturated rings. The van der Waals surface area contributed by atoms with Crippen LogP contribution in [0.2, 0.25) is 0 Å².